The van der Waals surface area contributed by atoms with Crippen LogP contribution in [0.1, 0.15) is 32.6 Å². The highest BCUT2D eigenvalue weighted by atomic mass is 16.5. The van der Waals surface area contributed by atoms with Crippen LogP contribution in [0.25, 0.3) is 0 Å². The van der Waals surface area contributed by atoms with E-state index in [2.05, 4.69) is 6.92 Å². The highest BCUT2D eigenvalue weighted by Gasteiger charge is 2.47. The maximum atomic E-state index is 5.88. The van der Waals surface area contributed by atoms with Gasteiger partial charge in [0.1, 0.15) is 0 Å². The molecule has 0 aromatic carbocycles. The quantitative estimate of drug-likeness (QED) is 0.619. The molecule has 0 aromatic heterocycles. The van der Waals surface area contributed by atoms with E-state index in [4.69, 9.17) is 10.5 Å². The molecule has 2 heteroatoms. The van der Waals surface area contributed by atoms with Crippen LogP contribution in [0.4, 0.5) is 0 Å². The largest absolute Gasteiger partial charge is 0.370 e. The lowest BCUT2D eigenvalue weighted by Crippen LogP contribution is -2.43. The van der Waals surface area contributed by atoms with E-state index in [0.29, 0.717) is 12.6 Å². The molecular weight excluding hydrogens is 138 g/mol. The van der Waals surface area contributed by atoms with E-state index in [1.54, 1.807) is 0 Å². The van der Waals surface area contributed by atoms with Crippen LogP contribution in [0.3, 0.4) is 0 Å². The summed E-state index contributed by atoms with van der Waals surface area (Å²) < 4.78 is 5.88. The first-order valence-electron chi connectivity index (χ1n) is 4.62. The molecular formula is C9H17NO. The summed E-state index contributed by atoms with van der Waals surface area (Å²) in [6, 6.07) is 0. The van der Waals surface area contributed by atoms with Crippen LogP contribution in [0, 0.1) is 5.92 Å². The summed E-state index contributed by atoms with van der Waals surface area (Å²) in [7, 11) is 0. The predicted molar refractivity (Wildman–Crippen MR) is 44.3 cm³/mol. The van der Waals surface area contributed by atoms with Crippen LogP contribution in [0.5, 0.6) is 0 Å². The summed E-state index contributed by atoms with van der Waals surface area (Å²) in [4.78, 5) is 0. The van der Waals surface area contributed by atoms with E-state index in [-0.39, 0.29) is 5.60 Å². The lowest BCUT2D eigenvalue weighted by Gasteiger charge is -2.43. The Labute approximate surface area is 68.1 Å². The summed E-state index contributed by atoms with van der Waals surface area (Å²) in [5.41, 5.74) is 5.82. The maximum Gasteiger partial charge on any atom is 0.0705 e. The zero-order chi connectivity index (χ0) is 7.90. The second-order valence-corrected chi connectivity index (χ2v) is 4.21. The Hall–Kier alpha value is -0.0800. The van der Waals surface area contributed by atoms with Crippen LogP contribution in [-0.2, 0) is 4.74 Å². The topological polar surface area (TPSA) is 35.2 Å². The molecule has 2 rings (SSSR count). The zero-order valence-electron chi connectivity index (χ0n) is 7.18. The number of nitrogens with two attached hydrogens (primary N) is 1. The maximum absolute atomic E-state index is 5.88. The lowest BCUT2D eigenvalue weighted by molar-refractivity contribution is -0.112. The van der Waals surface area contributed by atoms with Gasteiger partial charge in [0, 0.05) is 6.54 Å². The van der Waals surface area contributed by atoms with Crippen molar-refractivity contribution in [3.05, 3.63) is 0 Å². The van der Waals surface area contributed by atoms with Crippen molar-refractivity contribution in [1.82, 2.24) is 0 Å². The molecule has 1 unspecified atom stereocenters. The number of ether oxygens (including phenoxy) is 1. The van der Waals surface area contributed by atoms with Crippen molar-refractivity contribution in [2.75, 3.05) is 6.54 Å². The van der Waals surface area contributed by atoms with Crippen molar-refractivity contribution in [2.24, 2.45) is 11.7 Å². The van der Waals surface area contributed by atoms with Crippen molar-refractivity contribution in [2.45, 2.75) is 44.3 Å². The fourth-order valence-electron chi connectivity index (χ4n) is 2.57. The van der Waals surface area contributed by atoms with Gasteiger partial charge in [-0.3, -0.25) is 0 Å². The van der Waals surface area contributed by atoms with Crippen LogP contribution in [0.2, 0.25) is 0 Å². The van der Waals surface area contributed by atoms with Crippen LogP contribution < -0.4 is 5.73 Å². The second kappa shape index (κ2) is 2.46. The number of rotatable bonds is 1. The summed E-state index contributed by atoms with van der Waals surface area (Å²) in [6.07, 6.45) is 5.33. The molecule has 1 aliphatic heterocycles. The Morgan fingerprint density at radius 3 is 2.73 bits per heavy atom. The van der Waals surface area contributed by atoms with E-state index in [1.165, 1.54) is 25.7 Å². The normalized spacial score (nSPS) is 49.6. The van der Waals surface area contributed by atoms with E-state index in [0.717, 1.165) is 5.92 Å². The molecule has 1 atom stereocenters. The van der Waals surface area contributed by atoms with E-state index < -0.39 is 0 Å². The molecule has 1 saturated carbocycles. The van der Waals surface area contributed by atoms with Gasteiger partial charge in [-0.1, -0.05) is 6.92 Å². The molecule has 2 aliphatic rings. The Bertz CT molecular complexity index is 152. The minimum Gasteiger partial charge on any atom is -0.370 e. The first kappa shape index (κ1) is 7.56. The molecule has 64 valence electrons. The van der Waals surface area contributed by atoms with Gasteiger partial charge < -0.3 is 10.5 Å². The average molecular weight is 155 g/mol. The summed E-state index contributed by atoms with van der Waals surface area (Å²) >= 11 is 0. The first-order valence-corrected chi connectivity index (χ1v) is 4.62. The second-order valence-electron chi connectivity index (χ2n) is 4.21. The van der Waals surface area contributed by atoms with E-state index >= 15 is 0 Å². The van der Waals surface area contributed by atoms with Crippen LogP contribution in [-0.4, -0.2) is 18.2 Å². The molecule has 1 heterocycles. The van der Waals surface area contributed by atoms with Gasteiger partial charge in [-0.2, -0.15) is 0 Å². The van der Waals surface area contributed by atoms with Crippen LogP contribution in [0.15, 0.2) is 0 Å². The fourth-order valence-corrected chi connectivity index (χ4v) is 2.57. The highest BCUT2D eigenvalue weighted by molar-refractivity contribution is 4.98. The van der Waals surface area contributed by atoms with Crippen LogP contribution >= 0.6 is 0 Å². The van der Waals surface area contributed by atoms with Gasteiger partial charge in [0.25, 0.3) is 0 Å². The molecule has 2 N–H and O–H groups in total. The monoisotopic (exact) mass is 155 g/mol. The van der Waals surface area contributed by atoms with Crippen molar-refractivity contribution >= 4 is 0 Å². The molecule has 0 radical (unpaired) electrons. The van der Waals surface area contributed by atoms with Gasteiger partial charge in [0.05, 0.1) is 11.7 Å². The number of hydrogen-bond acceptors (Lipinski definition) is 2. The first-order chi connectivity index (χ1) is 5.24. The summed E-state index contributed by atoms with van der Waals surface area (Å²) in [5, 5.41) is 0. The molecule has 0 amide bonds. The zero-order valence-corrected chi connectivity index (χ0v) is 7.18. The van der Waals surface area contributed by atoms with Gasteiger partial charge in [-0.05, 0) is 31.6 Å². The van der Waals surface area contributed by atoms with Crippen molar-refractivity contribution in [3.63, 3.8) is 0 Å². The lowest BCUT2D eigenvalue weighted by atomic mass is 9.70. The molecule has 11 heavy (non-hydrogen) atoms. The minimum atomic E-state index is 0.281. The third-order valence-electron chi connectivity index (χ3n) is 3.04. The highest BCUT2D eigenvalue weighted by Crippen LogP contribution is 2.48. The van der Waals surface area contributed by atoms with Gasteiger partial charge in [-0.25, -0.2) is 0 Å². The van der Waals surface area contributed by atoms with Crippen molar-refractivity contribution < 1.29 is 4.74 Å². The number of hydrogen-bond donors (Lipinski definition) is 1. The minimum absolute atomic E-state index is 0.281. The molecule has 2 nitrogen and oxygen atoms in total. The Morgan fingerprint density at radius 1 is 1.55 bits per heavy atom. The average Bonchev–Trinajstić information content (AvgIpc) is 2.31. The van der Waals surface area contributed by atoms with Crippen molar-refractivity contribution in [3.8, 4) is 0 Å². The van der Waals surface area contributed by atoms with Gasteiger partial charge >= 0.3 is 0 Å². The van der Waals surface area contributed by atoms with Gasteiger partial charge in [0.2, 0.25) is 0 Å². The van der Waals surface area contributed by atoms with Crippen molar-refractivity contribution in [1.29, 1.82) is 0 Å². The smallest absolute Gasteiger partial charge is 0.0705 e. The molecule has 0 aromatic rings. The molecule has 0 bridgehead atoms. The Morgan fingerprint density at radius 2 is 2.27 bits per heavy atom. The van der Waals surface area contributed by atoms with E-state index in [9.17, 15) is 0 Å². The predicted octanol–water partition coefficient (Wildman–Crippen LogP) is 1.29. The Kier molecular flexibility index (Phi) is 1.69. The Balaban J connectivity index is 1.89. The summed E-state index contributed by atoms with van der Waals surface area (Å²) in [6.45, 7) is 3.00. The molecule has 1 aliphatic carbocycles. The third-order valence-corrected chi connectivity index (χ3v) is 3.04. The third kappa shape index (κ3) is 1.18. The molecule has 1 saturated heterocycles. The molecule has 1 spiro atoms. The molecule has 2 fully saturated rings. The SMILES string of the molecule is CC1CC2(CCC(CN)O2)C1. The van der Waals surface area contributed by atoms with E-state index in [1.807, 2.05) is 0 Å². The van der Waals surface area contributed by atoms with Gasteiger partial charge in [0.15, 0.2) is 0 Å². The van der Waals surface area contributed by atoms with Gasteiger partial charge in [-0.15, -0.1) is 0 Å². The summed E-state index contributed by atoms with van der Waals surface area (Å²) in [5.74, 6) is 0.881. The standard InChI is InChI=1S/C9H17NO/c1-7-4-9(5-7)3-2-8(6-10)11-9/h7-8H,2-6,10H2,1H3. The fraction of sp³-hybridized carbons (Fsp3) is 1.00.